The van der Waals surface area contributed by atoms with Gasteiger partial charge in [0.15, 0.2) is 0 Å². The molecule has 1 aliphatic heterocycles. The molecule has 1 amide bonds. The predicted molar refractivity (Wildman–Crippen MR) is 126 cm³/mol. The summed E-state index contributed by atoms with van der Waals surface area (Å²) in [4.78, 5) is 23.6. The van der Waals surface area contributed by atoms with E-state index in [2.05, 4.69) is 46.7 Å². The van der Waals surface area contributed by atoms with Crippen molar-refractivity contribution in [1.82, 2.24) is 14.9 Å². The van der Waals surface area contributed by atoms with Crippen LogP contribution in [-0.4, -0.2) is 41.4 Å². The number of aromatic nitrogens is 2. The lowest BCUT2D eigenvalue weighted by atomic mass is 10.1. The predicted octanol–water partition coefficient (Wildman–Crippen LogP) is 4.92. The van der Waals surface area contributed by atoms with Crippen molar-refractivity contribution in [2.45, 2.75) is 25.7 Å². The van der Waals surface area contributed by atoms with Gasteiger partial charge in [0.05, 0.1) is 17.8 Å². The Hall–Kier alpha value is -2.96. The molecule has 2 aromatic carbocycles. The van der Waals surface area contributed by atoms with E-state index in [0.717, 1.165) is 41.9 Å². The zero-order valence-corrected chi connectivity index (χ0v) is 18.5. The van der Waals surface area contributed by atoms with Gasteiger partial charge in [0.1, 0.15) is 0 Å². The Morgan fingerprint density at radius 3 is 2.87 bits per heavy atom. The molecule has 160 valence electrons. The van der Waals surface area contributed by atoms with Gasteiger partial charge in [0.2, 0.25) is 11.9 Å². The van der Waals surface area contributed by atoms with Gasteiger partial charge in [-0.25, -0.2) is 9.97 Å². The number of hydrogen-bond acceptors (Lipinski definition) is 5. The fraction of sp³-hybridized carbons (Fsp3) is 0.292. The summed E-state index contributed by atoms with van der Waals surface area (Å²) in [6, 6.07) is 13.8. The molecule has 0 atom stereocenters. The molecule has 31 heavy (non-hydrogen) atoms. The second-order valence-corrected chi connectivity index (χ2v) is 8.50. The molecule has 2 heterocycles. The average molecular weight is 436 g/mol. The summed E-state index contributed by atoms with van der Waals surface area (Å²) in [5.74, 6) is 0.396. The lowest BCUT2D eigenvalue weighted by Gasteiger charge is -2.12. The van der Waals surface area contributed by atoms with Crippen molar-refractivity contribution in [3.63, 3.8) is 0 Å². The molecule has 0 fully saturated rings. The zero-order chi connectivity index (χ0) is 21.8. The maximum atomic E-state index is 12.3. The van der Waals surface area contributed by atoms with Gasteiger partial charge in [-0.15, -0.1) is 0 Å². The van der Waals surface area contributed by atoms with Crippen LogP contribution in [0.4, 0.5) is 17.3 Å². The molecule has 6 nitrogen and oxygen atoms in total. The van der Waals surface area contributed by atoms with E-state index in [0.29, 0.717) is 16.7 Å². The van der Waals surface area contributed by atoms with Gasteiger partial charge in [-0.1, -0.05) is 23.7 Å². The Bertz CT molecular complexity index is 1100. The molecular formula is C24H26ClN5O. The van der Waals surface area contributed by atoms with E-state index in [4.69, 9.17) is 16.6 Å². The number of nitrogens with zero attached hydrogens (tertiary/aromatic N) is 3. The van der Waals surface area contributed by atoms with E-state index >= 15 is 0 Å². The molecule has 1 aromatic heterocycles. The lowest BCUT2D eigenvalue weighted by molar-refractivity contribution is -0.115. The molecule has 3 aromatic rings. The van der Waals surface area contributed by atoms with Crippen LogP contribution < -0.4 is 10.6 Å². The minimum Gasteiger partial charge on any atom is -0.325 e. The first kappa shape index (κ1) is 21.3. The highest BCUT2D eigenvalue weighted by Gasteiger charge is 2.21. The van der Waals surface area contributed by atoms with E-state index in [1.807, 2.05) is 18.2 Å². The van der Waals surface area contributed by atoms with Crippen LogP contribution in [0.15, 0.2) is 48.7 Å². The van der Waals surface area contributed by atoms with E-state index < -0.39 is 0 Å². The molecule has 0 bridgehead atoms. The molecule has 4 rings (SSSR count). The number of nitrogens with one attached hydrogen (secondary N) is 2. The molecular weight excluding hydrogens is 410 g/mol. The van der Waals surface area contributed by atoms with Crippen molar-refractivity contribution < 1.29 is 4.79 Å². The summed E-state index contributed by atoms with van der Waals surface area (Å²) in [6.07, 6.45) is 5.31. The Kier molecular flexibility index (Phi) is 6.49. The Morgan fingerprint density at radius 1 is 1.16 bits per heavy atom. The number of halogens is 1. The van der Waals surface area contributed by atoms with Gasteiger partial charge < -0.3 is 15.5 Å². The number of fused-ring (bicyclic) bond motifs is 3. The summed E-state index contributed by atoms with van der Waals surface area (Å²) < 4.78 is 0. The van der Waals surface area contributed by atoms with Gasteiger partial charge in [-0.2, -0.15) is 0 Å². The lowest BCUT2D eigenvalue weighted by Crippen LogP contribution is -2.12. The molecule has 0 radical (unpaired) electrons. The first-order valence-electron chi connectivity index (χ1n) is 10.4. The third kappa shape index (κ3) is 5.40. The number of benzene rings is 2. The SMILES string of the molecule is CN(C)CCCCc1cccc(Nc2ncc3c(n2)-c2ccc(Cl)cc2NC(=O)C3)c1. The molecule has 7 heteroatoms. The fourth-order valence-corrected chi connectivity index (χ4v) is 3.89. The minimum atomic E-state index is -0.103. The zero-order valence-electron chi connectivity index (χ0n) is 17.8. The van der Waals surface area contributed by atoms with Crippen LogP contribution in [0.1, 0.15) is 24.0 Å². The number of carbonyl (C=O) groups is 1. The quantitative estimate of drug-likeness (QED) is 0.515. The third-order valence-electron chi connectivity index (χ3n) is 5.23. The van der Waals surface area contributed by atoms with Crippen LogP contribution in [0, 0.1) is 0 Å². The van der Waals surface area contributed by atoms with Crippen LogP contribution in [0.25, 0.3) is 11.3 Å². The van der Waals surface area contributed by atoms with E-state index in [1.165, 1.54) is 12.0 Å². The van der Waals surface area contributed by atoms with Crippen molar-refractivity contribution in [1.29, 1.82) is 0 Å². The number of anilines is 3. The van der Waals surface area contributed by atoms with Crippen LogP contribution >= 0.6 is 11.6 Å². The van der Waals surface area contributed by atoms with Gasteiger partial charge in [0, 0.05) is 28.0 Å². The number of hydrogen-bond donors (Lipinski definition) is 2. The van der Waals surface area contributed by atoms with Crippen molar-refractivity contribution >= 4 is 34.8 Å². The van der Waals surface area contributed by atoms with Crippen LogP contribution in [0.2, 0.25) is 5.02 Å². The van der Waals surface area contributed by atoms with Crippen molar-refractivity contribution in [2.24, 2.45) is 0 Å². The standard InChI is InChI=1S/C24H26ClN5O/c1-30(2)11-4-3-6-16-7-5-8-19(12-16)27-24-26-15-17-13-22(31)28-21-14-18(25)9-10-20(21)23(17)29-24/h5,7-10,12,14-15H,3-4,6,11,13H2,1-2H3,(H,28,31)(H,26,27,29). The van der Waals surface area contributed by atoms with Crippen molar-refractivity contribution in [3.05, 3.63) is 64.8 Å². The van der Waals surface area contributed by atoms with Crippen molar-refractivity contribution in [3.8, 4) is 11.3 Å². The maximum absolute atomic E-state index is 12.3. The second kappa shape index (κ2) is 9.45. The molecule has 0 unspecified atom stereocenters. The van der Waals surface area contributed by atoms with Crippen molar-refractivity contribution in [2.75, 3.05) is 31.3 Å². The van der Waals surface area contributed by atoms with E-state index in [-0.39, 0.29) is 12.3 Å². The first-order chi connectivity index (χ1) is 15.0. The fourth-order valence-electron chi connectivity index (χ4n) is 3.71. The molecule has 0 spiro atoms. The Balaban J connectivity index is 1.54. The summed E-state index contributed by atoms with van der Waals surface area (Å²) in [5.41, 5.74) is 5.27. The number of unbranched alkanes of at least 4 members (excludes halogenated alkanes) is 1. The van der Waals surface area contributed by atoms with Crippen LogP contribution in [0.3, 0.4) is 0 Å². The first-order valence-corrected chi connectivity index (χ1v) is 10.8. The summed E-state index contributed by atoms with van der Waals surface area (Å²) in [7, 11) is 4.20. The second-order valence-electron chi connectivity index (χ2n) is 8.07. The van der Waals surface area contributed by atoms with Crippen LogP contribution in [-0.2, 0) is 17.6 Å². The largest absolute Gasteiger partial charge is 0.325 e. The number of carbonyl (C=O) groups excluding carboxylic acids is 1. The normalized spacial score (nSPS) is 12.7. The molecule has 0 saturated heterocycles. The van der Waals surface area contributed by atoms with Gasteiger partial charge in [-0.05, 0) is 75.8 Å². The monoisotopic (exact) mass is 435 g/mol. The molecule has 2 N–H and O–H groups in total. The highest BCUT2D eigenvalue weighted by Crippen LogP contribution is 2.34. The average Bonchev–Trinajstić information content (AvgIpc) is 2.86. The summed E-state index contributed by atoms with van der Waals surface area (Å²) >= 11 is 6.12. The number of aryl methyl sites for hydroxylation is 1. The highest BCUT2D eigenvalue weighted by molar-refractivity contribution is 6.31. The van der Waals surface area contributed by atoms with E-state index in [9.17, 15) is 4.79 Å². The molecule has 0 aliphatic carbocycles. The van der Waals surface area contributed by atoms with Crippen LogP contribution in [0.5, 0.6) is 0 Å². The Morgan fingerprint density at radius 2 is 2.03 bits per heavy atom. The van der Waals surface area contributed by atoms with Gasteiger partial charge in [-0.3, -0.25) is 4.79 Å². The highest BCUT2D eigenvalue weighted by atomic mass is 35.5. The number of rotatable bonds is 7. The van der Waals surface area contributed by atoms with Gasteiger partial charge in [0.25, 0.3) is 0 Å². The van der Waals surface area contributed by atoms with E-state index in [1.54, 1.807) is 18.3 Å². The number of amides is 1. The minimum absolute atomic E-state index is 0.103. The van der Waals surface area contributed by atoms with Gasteiger partial charge >= 0.3 is 0 Å². The summed E-state index contributed by atoms with van der Waals surface area (Å²) in [6.45, 7) is 1.10. The molecule has 1 aliphatic rings. The molecule has 0 saturated carbocycles. The maximum Gasteiger partial charge on any atom is 0.228 e. The third-order valence-corrected chi connectivity index (χ3v) is 5.47. The Labute approximate surface area is 187 Å². The summed E-state index contributed by atoms with van der Waals surface area (Å²) in [5, 5.41) is 6.79. The smallest absolute Gasteiger partial charge is 0.228 e. The topological polar surface area (TPSA) is 70.2 Å².